The van der Waals surface area contributed by atoms with E-state index in [-0.39, 0.29) is 6.04 Å². The lowest BCUT2D eigenvalue weighted by atomic mass is 10.0. The maximum absolute atomic E-state index is 5.93. The molecule has 0 aromatic heterocycles. The van der Waals surface area contributed by atoms with Crippen molar-refractivity contribution in [3.05, 3.63) is 64.1 Å². The van der Waals surface area contributed by atoms with Crippen molar-refractivity contribution in [1.82, 2.24) is 0 Å². The molecule has 104 valence electrons. The molecule has 0 bridgehead atoms. The summed E-state index contributed by atoms with van der Waals surface area (Å²) in [7, 11) is 0. The Bertz CT molecular complexity index is 576. The normalized spacial score (nSPS) is 15.9. The predicted molar refractivity (Wildman–Crippen MR) is 88.0 cm³/mol. The van der Waals surface area contributed by atoms with Crippen LogP contribution in [0.3, 0.4) is 0 Å². The highest BCUT2D eigenvalue weighted by Crippen LogP contribution is 2.40. The second-order valence-electron chi connectivity index (χ2n) is 5.38. The highest BCUT2D eigenvalue weighted by molar-refractivity contribution is 9.10. The molecule has 1 unspecified atom stereocenters. The van der Waals surface area contributed by atoms with Crippen LogP contribution in [0, 0.1) is 0 Å². The summed E-state index contributed by atoms with van der Waals surface area (Å²) in [4.78, 5) is 0. The van der Waals surface area contributed by atoms with Crippen molar-refractivity contribution in [3.63, 3.8) is 0 Å². The molecule has 2 aromatic rings. The van der Waals surface area contributed by atoms with E-state index in [2.05, 4.69) is 57.6 Å². The summed E-state index contributed by atoms with van der Waals surface area (Å²) >= 11 is 3.49. The van der Waals surface area contributed by atoms with Crippen LogP contribution in [-0.2, 0) is 0 Å². The van der Waals surface area contributed by atoms with Crippen molar-refractivity contribution in [2.24, 2.45) is 5.73 Å². The molecule has 1 fully saturated rings. The molecule has 2 nitrogen and oxygen atoms in total. The molecule has 1 saturated carbocycles. The number of anilines is 1. The van der Waals surface area contributed by atoms with Gasteiger partial charge in [-0.3, -0.25) is 0 Å². The van der Waals surface area contributed by atoms with Gasteiger partial charge in [0.25, 0.3) is 0 Å². The van der Waals surface area contributed by atoms with E-state index in [4.69, 9.17) is 5.73 Å². The van der Waals surface area contributed by atoms with Crippen LogP contribution in [0.4, 0.5) is 5.69 Å². The van der Waals surface area contributed by atoms with Gasteiger partial charge < -0.3 is 11.1 Å². The first kappa shape index (κ1) is 13.7. The lowest BCUT2D eigenvalue weighted by Gasteiger charge is -2.19. The molecular formula is C17H19BrN2. The molecule has 0 radical (unpaired) electrons. The first-order valence-corrected chi connectivity index (χ1v) is 7.87. The third-order valence-corrected chi connectivity index (χ3v) is 4.28. The number of nitrogens with two attached hydrogens (primary N) is 1. The summed E-state index contributed by atoms with van der Waals surface area (Å²) in [6.45, 7) is 0.579. The van der Waals surface area contributed by atoms with Crippen molar-refractivity contribution in [3.8, 4) is 0 Å². The van der Waals surface area contributed by atoms with Gasteiger partial charge in [0.15, 0.2) is 0 Å². The quantitative estimate of drug-likeness (QED) is 0.850. The van der Waals surface area contributed by atoms with Gasteiger partial charge in [0.2, 0.25) is 0 Å². The van der Waals surface area contributed by atoms with E-state index in [0.717, 1.165) is 16.1 Å². The third kappa shape index (κ3) is 3.22. The van der Waals surface area contributed by atoms with Gasteiger partial charge in [-0.15, -0.1) is 0 Å². The Labute approximate surface area is 128 Å². The van der Waals surface area contributed by atoms with E-state index >= 15 is 0 Å². The monoisotopic (exact) mass is 330 g/mol. The van der Waals surface area contributed by atoms with Gasteiger partial charge in [-0.05, 0) is 48.1 Å². The smallest absolute Gasteiger partial charge is 0.0636 e. The SMILES string of the molecule is NCC(Nc1cccc(Br)c1)c1ccc(C2CC2)cc1. The molecule has 0 saturated heterocycles. The second-order valence-corrected chi connectivity index (χ2v) is 6.30. The third-order valence-electron chi connectivity index (χ3n) is 3.79. The van der Waals surface area contributed by atoms with Crippen LogP contribution >= 0.6 is 15.9 Å². The van der Waals surface area contributed by atoms with E-state index in [1.807, 2.05) is 12.1 Å². The van der Waals surface area contributed by atoms with Gasteiger partial charge >= 0.3 is 0 Å². The molecule has 0 aliphatic heterocycles. The fraction of sp³-hybridized carbons (Fsp3) is 0.294. The van der Waals surface area contributed by atoms with Gasteiger partial charge in [0.1, 0.15) is 0 Å². The number of nitrogens with one attached hydrogen (secondary N) is 1. The van der Waals surface area contributed by atoms with Crippen LogP contribution in [-0.4, -0.2) is 6.54 Å². The summed E-state index contributed by atoms with van der Waals surface area (Å²) in [5.41, 5.74) is 9.72. The topological polar surface area (TPSA) is 38.0 Å². The lowest BCUT2D eigenvalue weighted by Crippen LogP contribution is -2.20. The first-order chi connectivity index (χ1) is 9.76. The van der Waals surface area contributed by atoms with Crippen LogP contribution in [0.15, 0.2) is 53.0 Å². The molecule has 1 aliphatic carbocycles. The van der Waals surface area contributed by atoms with Crippen molar-refractivity contribution in [2.75, 3.05) is 11.9 Å². The van der Waals surface area contributed by atoms with E-state index in [1.54, 1.807) is 0 Å². The van der Waals surface area contributed by atoms with Crippen molar-refractivity contribution < 1.29 is 0 Å². The number of hydrogen-bond donors (Lipinski definition) is 2. The number of benzene rings is 2. The highest BCUT2D eigenvalue weighted by atomic mass is 79.9. The van der Waals surface area contributed by atoms with E-state index < -0.39 is 0 Å². The molecule has 0 heterocycles. The first-order valence-electron chi connectivity index (χ1n) is 7.08. The Morgan fingerprint density at radius 3 is 2.50 bits per heavy atom. The van der Waals surface area contributed by atoms with Crippen LogP contribution < -0.4 is 11.1 Å². The number of hydrogen-bond acceptors (Lipinski definition) is 2. The molecule has 2 aromatic carbocycles. The number of halogens is 1. The molecule has 20 heavy (non-hydrogen) atoms. The predicted octanol–water partition coefficient (Wildman–Crippen LogP) is 4.44. The van der Waals surface area contributed by atoms with Gasteiger partial charge in [-0.25, -0.2) is 0 Å². The molecule has 1 aliphatic rings. The van der Waals surface area contributed by atoms with Crippen LogP contribution in [0.5, 0.6) is 0 Å². The van der Waals surface area contributed by atoms with Crippen molar-refractivity contribution in [2.45, 2.75) is 24.8 Å². The standard InChI is InChI=1S/C17H19BrN2/c18-15-2-1-3-16(10-15)20-17(11-19)14-8-6-13(7-9-14)12-4-5-12/h1-3,6-10,12,17,20H,4-5,11,19H2. The fourth-order valence-electron chi connectivity index (χ4n) is 2.47. The van der Waals surface area contributed by atoms with Crippen LogP contribution in [0.25, 0.3) is 0 Å². The zero-order chi connectivity index (χ0) is 13.9. The van der Waals surface area contributed by atoms with Crippen molar-refractivity contribution >= 4 is 21.6 Å². The Morgan fingerprint density at radius 1 is 1.15 bits per heavy atom. The molecule has 0 spiro atoms. The molecule has 1 atom stereocenters. The number of rotatable bonds is 5. The Balaban J connectivity index is 1.75. The molecule has 3 rings (SSSR count). The Kier molecular flexibility index (Phi) is 4.08. The van der Waals surface area contributed by atoms with Crippen LogP contribution in [0.1, 0.15) is 35.9 Å². The Morgan fingerprint density at radius 2 is 1.90 bits per heavy atom. The average Bonchev–Trinajstić information content (AvgIpc) is 3.30. The van der Waals surface area contributed by atoms with E-state index in [0.29, 0.717) is 6.54 Å². The summed E-state index contributed by atoms with van der Waals surface area (Å²) in [5.74, 6) is 0.804. The van der Waals surface area contributed by atoms with Gasteiger partial charge in [0.05, 0.1) is 6.04 Å². The average molecular weight is 331 g/mol. The minimum absolute atomic E-state index is 0.151. The zero-order valence-electron chi connectivity index (χ0n) is 11.4. The summed E-state index contributed by atoms with van der Waals surface area (Å²) in [5, 5.41) is 3.50. The van der Waals surface area contributed by atoms with E-state index in [9.17, 15) is 0 Å². The lowest BCUT2D eigenvalue weighted by molar-refractivity contribution is 0.789. The maximum atomic E-state index is 5.93. The van der Waals surface area contributed by atoms with E-state index in [1.165, 1.54) is 24.0 Å². The molecule has 3 N–H and O–H groups in total. The summed E-state index contributed by atoms with van der Waals surface area (Å²) in [6.07, 6.45) is 2.69. The summed E-state index contributed by atoms with van der Waals surface area (Å²) < 4.78 is 1.07. The largest absolute Gasteiger partial charge is 0.377 e. The van der Waals surface area contributed by atoms with Gasteiger partial charge in [-0.2, -0.15) is 0 Å². The summed E-state index contributed by atoms with van der Waals surface area (Å²) in [6, 6.07) is 17.2. The van der Waals surface area contributed by atoms with Gasteiger partial charge in [-0.1, -0.05) is 46.3 Å². The highest BCUT2D eigenvalue weighted by Gasteiger charge is 2.23. The second kappa shape index (κ2) is 5.98. The molecule has 0 amide bonds. The van der Waals surface area contributed by atoms with Crippen LogP contribution in [0.2, 0.25) is 0 Å². The van der Waals surface area contributed by atoms with Gasteiger partial charge in [0, 0.05) is 16.7 Å². The van der Waals surface area contributed by atoms with Crippen molar-refractivity contribution in [1.29, 1.82) is 0 Å². The minimum Gasteiger partial charge on any atom is -0.377 e. The molecule has 3 heteroatoms. The molecular weight excluding hydrogens is 312 g/mol. The minimum atomic E-state index is 0.151. The maximum Gasteiger partial charge on any atom is 0.0636 e. The fourth-order valence-corrected chi connectivity index (χ4v) is 2.87. The Hall–Kier alpha value is -1.32. The zero-order valence-corrected chi connectivity index (χ0v) is 12.9.